The fourth-order valence-electron chi connectivity index (χ4n) is 5.40. The first-order chi connectivity index (χ1) is 14.3. The van der Waals surface area contributed by atoms with E-state index in [0.717, 1.165) is 33.2 Å². The van der Waals surface area contributed by atoms with Crippen molar-refractivity contribution in [2.24, 2.45) is 7.05 Å². The minimum atomic E-state index is 0.876. The van der Waals surface area contributed by atoms with Crippen molar-refractivity contribution in [2.45, 2.75) is 0 Å². The summed E-state index contributed by atoms with van der Waals surface area (Å²) in [7, 11) is 2.14. The number of rotatable bonds is 0. The SMILES string of the molecule is Cn1c2cccc3c4occc4n4c5oc6ccccc6c5c5ccc1c(c32)c54. The molecule has 0 spiro atoms. The van der Waals surface area contributed by atoms with Crippen LogP contribution in [0.2, 0.25) is 0 Å². The molecular formula is C25H14N2O2. The van der Waals surface area contributed by atoms with E-state index >= 15 is 0 Å². The zero-order valence-electron chi connectivity index (χ0n) is 15.6. The molecule has 0 unspecified atom stereocenters. The Labute approximate surface area is 163 Å². The molecule has 5 aromatic heterocycles. The molecule has 29 heavy (non-hydrogen) atoms. The van der Waals surface area contributed by atoms with Crippen LogP contribution in [-0.4, -0.2) is 8.97 Å². The normalized spacial score (nSPS) is 13.0. The maximum Gasteiger partial charge on any atom is 0.213 e. The minimum absolute atomic E-state index is 0.876. The lowest BCUT2D eigenvalue weighted by molar-refractivity contribution is 0.618. The van der Waals surface area contributed by atoms with Gasteiger partial charge < -0.3 is 13.4 Å². The topological polar surface area (TPSA) is 35.6 Å². The second kappa shape index (κ2) is 4.39. The summed E-state index contributed by atoms with van der Waals surface area (Å²) in [5.41, 5.74) is 7.33. The van der Waals surface area contributed by atoms with Crippen LogP contribution in [0.5, 0.6) is 0 Å². The lowest BCUT2D eigenvalue weighted by Crippen LogP contribution is -1.87. The van der Waals surface area contributed by atoms with Crippen LogP contribution in [0.15, 0.2) is 75.8 Å². The maximum atomic E-state index is 6.42. The van der Waals surface area contributed by atoms with Gasteiger partial charge >= 0.3 is 0 Å². The molecule has 0 amide bonds. The van der Waals surface area contributed by atoms with E-state index in [9.17, 15) is 0 Å². The molecule has 136 valence electrons. The van der Waals surface area contributed by atoms with Crippen molar-refractivity contribution >= 4 is 71.3 Å². The molecule has 0 aliphatic heterocycles. The average molecular weight is 374 g/mol. The van der Waals surface area contributed by atoms with Crippen molar-refractivity contribution in [1.82, 2.24) is 8.97 Å². The number of benzene rings is 3. The van der Waals surface area contributed by atoms with Gasteiger partial charge in [0.05, 0.1) is 28.2 Å². The number of furan rings is 2. The first kappa shape index (κ1) is 14.1. The molecule has 0 saturated carbocycles. The van der Waals surface area contributed by atoms with Crippen molar-refractivity contribution < 1.29 is 8.83 Å². The van der Waals surface area contributed by atoms with Gasteiger partial charge in [0.15, 0.2) is 5.58 Å². The summed E-state index contributed by atoms with van der Waals surface area (Å²) >= 11 is 0. The quantitative estimate of drug-likeness (QED) is 0.292. The van der Waals surface area contributed by atoms with E-state index in [1.165, 1.54) is 38.1 Å². The number of fused-ring (bicyclic) bond motifs is 8. The molecule has 0 saturated heterocycles. The Morgan fingerprint density at radius 3 is 2.52 bits per heavy atom. The third kappa shape index (κ3) is 1.38. The number of aromatic nitrogens is 2. The largest absolute Gasteiger partial charge is 0.462 e. The Hall–Kier alpha value is -3.92. The molecule has 0 aliphatic rings. The van der Waals surface area contributed by atoms with E-state index in [1.54, 1.807) is 6.26 Å². The fraction of sp³-hybridized carbons (Fsp3) is 0.0400. The third-order valence-electron chi connectivity index (χ3n) is 6.57. The van der Waals surface area contributed by atoms with E-state index in [1.807, 2.05) is 18.2 Å². The highest BCUT2D eigenvalue weighted by atomic mass is 16.3. The zero-order chi connectivity index (χ0) is 18.9. The molecule has 8 aromatic rings. The number of aryl methyl sites for hydroxylation is 1. The standard InChI is InChI=1S/C25H14N2O2/c1-26-16-7-4-6-15-21(16)22-17(26)10-9-14-20-13-5-2-3-8-19(13)29-25(20)27(23(14)22)18-11-12-28-24(15)18/h2-12H,1H3. The fourth-order valence-corrected chi connectivity index (χ4v) is 5.40. The lowest BCUT2D eigenvalue weighted by atomic mass is 10.1. The van der Waals surface area contributed by atoms with Crippen LogP contribution in [0.25, 0.3) is 71.3 Å². The molecule has 4 heteroatoms. The van der Waals surface area contributed by atoms with Crippen LogP contribution in [0.3, 0.4) is 0 Å². The summed E-state index contributed by atoms with van der Waals surface area (Å²) < 4.78 is 17.0. The molecule has 0 radical (unpaired) electrons. The molecule has 0 bridgehead atoms. The van der Waals surface area contributed by atoms with Gasteiger partial charge in [0.25, 0.3) is 0 Å². The molecule has 5 heterocycles. The van der Waals surface area contributed by atoms with Crippen molar-refractivity contribution in [3.05, 3.63) is 66.9 Å². The van der Waals surface area contributed by atoms with Gasteiger partial charge in [-0.25, -0.2) is 0 Å². The zero-order valence-corrected chi connectivity index (χ0v) is 15.6. The van der Waals surface area contributed by atoms with Crippen LogP contribution >= 0.6 is 0 Å². The van der Waals surface area contributed by atoms with Gasteiger partial charge in [-0.1, -0.05) is 30.3 Å². The van der Waals surface area contributed by atoms with Crippen LogP contribution in [0, 0.1) is 0 Å². The summed E-state index contributed by atoms with van der Waals surface area (Å²) in [6.07, 6.45) is 1.78. The summed E-state index contributed by atoms with van der Waals surface area (Å²) in [4.78, 5) is 0. The lowest BCUT2D eigenvalue weighted by Gasteiger charge is -2.01. The highest BCUT2D eigenvalue weighted by Crippen LogP contribution is 2.46. The highest BCUT2D eigenvalue weighted by molar-refractivity contribution is 6.33. The number of nitrogens with zero attached hydrogens (tertiary/aromatic N) is 2. The Balaban J connectivity index is 1.91. The van der Waals surface area contributed by atoms with Gasteiger partial charge in [-0.2, -0.15) is 0 Å². The Bertz CT molecular complexity index is 1920. The van der Waals surface area contributed by atoms with Gasteiger partial charge in [-0.3, -0.25) is 4.40 Å². The van der Waals surface area contributed by atoms with Gasteiger partial charge in [-0.15, -0.1) is 0 Å². The minimum Gasteiger partial charge on any atom is -0.462 e. The van der Waals surface area contributed by atoms with Crippen LogP contribution in [-0.2, 0) is 7.05 Å². The maximum absolute atomic E-state index is 6.42. The second-order valence-electron chi connectivity index (χ2n) is 7.86. The summed E-state index contributed by atoms with van der Waals surface area (Å²) in [5.74, 6) is 0. The van der Waals surface area contributed by atoms with Crippen molar-refractivity contribution in [2.75, 3.05) is 0 Å². The molecule has 0 fully saturated rings. The van der Waals surface area contributed by atoms with Crippen LogP contribution in [0.4, 0.5) is 0 Å². The first-order valence-corrected chi connectivity index (χ1v) is 9.77. The number of hydrogen-bond donors (Lipinski definition) is 0. The van der Waals surface area contributed by atoms with Crippen LogP contribution in [0.1, 0.15) is 0 Å². The van der Waals surface area contributed by atoms with Crippen LogP contribution < -0.4 is 0 Å². The Morgan fingerprint density at radius 2 is 1.55 bits per heavy atom. The van der Waals surface area contributed by atoms with Gasteiger partial charge in [-0.05, 0) is 24.3 Å². The smallest absolute Gasteiger partial charge is 0.213 e. The summed E-state index contributed by atoms with van der Waals surface area (Å²) in [5, 5.41) is 7.17. The first-order valence-electron chi connectivity index (χ1n) is 9.77. The third-order valence-corrected chi connectivity index (χ3v) is 6.57. The summed E-state index contributed by atoms with van der Waals surface area (Å²) in [6, 6.07) is 21.2. The second-order valence-corrected chi connectivity index (χ2v) is 7.86. The van der Waals surface area contributed by atoms with E-state index in [2.05, 4.69) is 58.5 Å². The molecule has 0 aliphatic carbocycles. The number of hydrogen-bond acceptors (Lipinski definition) is 2. The number of para-hydroxylation sites is 1. The molecule has 0 N–H and O–H groups in total. The van der Waals surface area contributed by atoms with E-state index in [-0.39, 0.29) is 0 Å². The molecule has 4 nitrogen and oxygen atoms in total. The molecular weight excluding hydrogens is 360 g/mol. The molecule has 0 atom stereocenters. The average Bonchev–Trinajstić information content (AvgIpc) is 3.47. The van der Waals surface area contributed by atoms with E-state index in [4.69, 9.17) is 8.83 Å². The van der Waals surface area contributed by atoms with Crippen molar-refractivity contribution in [3.8, 4) is 0 Å². The predicted octanol–water partition coefficient (Wildman–Crippen LogP) is 6.82. The molecule has 3 aromatic carbocycles. The van der Waals surface area contributed by atoms with E-state index < -0.39 is 0 Å². The Morgan fingerprint density at radius 1 is 0.690 bits per heavy atom. The van der Waals surface area contributed by atoms with Gasteiger partial charge in [0, 0.05) is 45.6 Å². The monoisotopic (exact) mass is 374 g/mol. The summed E-state index contributed by atoms with van der Waals surface area (Å²) in [6.45, 7) is 0. The van der Waals surface area contributed by atoms with Crippen molar-refractivity contribution in [3.63, 3.8) is 0 Å². The van der Waals surface area contributed by atoms with Crippen molar-refractivity contribution in [1.29, 1.82) is 0 Å². The Kier molecular flexibility index (Phi) is 2.14. The van der Waals surface area contributed by atoms with Gasteiger partial charge in [0.1, 0.15) is 5.58 Å². The van der Waals surface area contributed by atoms with Gasteiger partial charge in [0.2, 0.25) is 5.71 Å². The van der Waals surface area contributed by atoms with E-state index in [0.29, 0.717) is 0 Å². The highest BCUT2D eigenvalue weighted by Gasteiger charge is 2.24. The predicted molar refractivity (Wildman–Crippen MR) is 117 cm³/mol. The molecule has 8 rings (SSSR count).